The zero-order valence-electron chi connectivity index (χ0n) is 12.0. The first-order valence-electron chi connectivity index (χ1n) is 6.91. The number of carbonyl (C=O) groups is 2. The highest BCUT2D eigenvalue weighted by Crippen LogP contribution is 2.22. The molecule has 1 atom stereocenters. The fourth-order valence-electron chi connectivity index (χ4n) is 2.34. The average molecular weight is 313 g/mol. The molecule has 1 unspecified atom stereocenters. The molecule has 1 saturated heterocycles. The molecule has 1 fully saturated rings. The molecule has 1 heterocycles. The van der Waals surface area contributed by atoms with Gasteiger partial charge < -0.3 is 10.2 Å². The number of hydrogen-bond acceptors (Lipinski definition) is 2. The van der Waals surface area contributed by atoms with Gasteiger partial charge in [-0.3, -0.25) is 9.59 Å². The van der Waals surface area contributed by atoms with E-state index in [1.54, 1.807) is 17.0 Å². The lowest BCUT2D eigenvalue weighted by molar-refractivity contribution is -0.135. The largest absolute Gasteiger partial charge is 0.344 e. The van der Waals surface area contributed by atoms with Crippen LogP contribution in [-0.4, -0.2) is 29.3 Å². The molecule has 2 amide bonds. The summed E-state index contributed by atoms with van der Waals surface area (Å²) in [6, 6.07) is 3.97. The van der Waals surface area contributed by atoms with Crippen molar-refractivity contribution >= 4 is 23.4 Å². The first kappa shape index (κ1) is 15.8. The van der Waals surface area contributed by atoms with Gasteiger partial charge in [0.15, 0.2) is 0 Å². The number of halogens is 2. The van der Waals surface area contributed by atoms with Crippen LogP contribution in [0.15, 0.2) is 18.2 Å². The van der Waals surface area contributed by atoms with Crippen LogP contribution in [0.3, 0.4) is 0 Å². The van der Waals surface area contributed by atoms with Crippen molar-refractivity contribution in [3.8, 4) is 0 Å². The highest BCUT2D eigenvalue weighted by atomic mass is 35.5. The monoisotopic (exact) mass is 312 g/mol. The van der Waals surface area contributed by atoms with Crippen molar-refractivity contribution in [2.45, 2.75) is 32.9 Å². The predicted octanol–water partition coefficient (Wildman–Crippen LogP) is 2.35. The second kappa shape index (κ2) is 6.43. The molecule has 0 aliphatic carbocycles. The Balaban J connectivity index is 2.23. The summed E-state index contributed by atoms with van der Waals surface area (Å²) < 4.78 is 13.5. The quantitative estimate of drug-likeness (QED) is 0.931. The van der Waals surface area contributed by atoms with Gasteiger partial charge in [0.1, 0.15) is 11.9 Å². The number of hydrogen-bond donors (Lipinski definition) is 1. The van der Waals surface area contributed by atoms with E-state index < -0.39 is 11.9 Å². The van der Waals surface area contributed by atoms with E-state index in [-0.39, 0.29) is 35.7 Å². The van der Waals surface area contributed by atoms with Crippen LogP contribution in [0.2, 0.25) is 5.02 Å². The Bertz CT molecular complexity index is 563. The summed E-state index contributed by atoms with van der Waals surface area (Å²) in [5.74, 6) is -0.817. The molecular formula is C15H18ClFN2O2. The number of amides is 2. The van der Waals surface area contributed by atoms with Crippen LogP contribution < -0.4 is 5.32 Å². The molecule has 0 saturated carbocycles. The number of nitrogens with one attached hydrogen (secondary N) is 1. The summed E-state index contributed by atoms with van der Waals surface area (Å²) in [7, 11) is 0. The van der Waals surface area contributed by atoms with Crippen LogP contribution in [-0.2, 0) is 16.1 Å². The lowest BCUT2D eigenvalue weighted by Crippen LogP contribution is -2.47. The third-order valence-corrected chi connectivity index (χ3v) is 3.99. The molecule has 1 aromatic rings. The topological polar surface area (TPSA) is 49.4 Å². The summed E-state index contributed by atoms with van der Waals surface area (Å²) in [6.07, 6.45) is 0.238. The van der Waals surface area contributed by atoms with E-state index in [4.69, 9.17) is 11.6 Å². The molecule has 6 heteroatoms. The van der Waals surface area contributed by atoms with Gasteiger partial charge in [0, 0.05) is 19.5 Å². The van der Waals surface area contributed by atoms with Gasteiger partial charge in [-0.05, 0) is 17.5 Å². The average Bonchev–Trinajstić information content (AvgIpc) is 2.57. The SMILES string of the molecule is CC(C)C1NC(=O)CCN(Cc2cccc(F)c2Cl)C1=O. The van der Waals surface area contributed by atoms with Crippen LogP contribution in [0.5, 0.6) is 0 Å². The predicted molar refractivity (Wildman–Crippen MR) is 78.2 cm³/mol. The molecule has 114 valence electrons. The van der Waals surface area contributed by atoms with Gasteiger partial charge in [0.25, 0.3) is 0 Å². The lowest BCUT2D eigenvalue weighted by Gasteiger charge is -2.26. The van der Waals surface area contributed by atoms with Crippen molar-refractivity contribution in [3.05, 3.63) is 34.6 Å². The summed E-state index contributed by atoms with van der Waals surface area (Å²) in [5.41, 5.74) is 0.543. The smallest absolute Gasteiger partial charge is 0.245 e. The Morgan fingerprint density at radius 2 is 2.14 bits per heavy atom. The molecular weight excluding hydrogens is 295 g/mol. The molecule has 2 rings (SSSR count). The first-order chi connectivity index (χ1) is 9.90. The standard InChI is InChI=1S/C15H18ClFN2O2/c1-9(2)14-15(21)19(7-6-12(20)18-14)8-10-4-3-5-11(17)13(10)16/h3-5,9,14H,6-8H2,1-2H3,(H,18,20). The van der Waals surface area contributed by atoms with Crippen molar-refractivity contribution < 1.29 is 14.0 Å². The van der Waals surface area contributed by atoms with Gasteiger partial charge in [0.05, 0.1) is 5.02 Å². The number of nitrogens with zero attached hydrogens (tertiary/aromatic N) is 1. The fraction of sp³-hybridized carbons (Fsp3) is 0.467. The van der Waals surface area contributed by atoms with E-state index >= 15 is 0 Å². The van der Waals surface area contributed by atoms with Crippen LogP contribution in [0, 0.1) is 11.7 Å². The minimum atomic E-state index is -0.549. The van der Waals surface area contributed by atoms with E-state index in [0.717, 1.165) is 0 Å². The molecule has 0 radical (unpaired) electrons. The van der Waals surface area contributed by atoms with Gasteiger partial charge in [-0.1, -0.05) is 37.6 Å². The molecule has 1 N–H and O–H groups in total. The molecule has 21 heavy (non-hydrogen) atoms. The molecule has 1 aromatic carbocycles. The highest BCUT2D eigenvalue weighted by molar-refractivity contribution is 6.31. The van der Waals surface area contributed by atoms with E-state index in [1.165, 1.54) is 6.07 Å². The van der Waals surface area contributed by atoms with E-state index in [0.29, 0.717) is 12.1 Å². The van der Waals surface area contributed by atoms with Gasteiger partial charge in [-0.15, -0.1) is 0 Å². The summed E-state index contributed by atoms with van der Waals surface area (Å²) in [6.45, 7) is 4.26. The second-order valence-electron chi connectivity index (χ2n) is 5.51. The first-order valence-corrected chi connectivity index (χ1v) is 7.29. The molecule has 1 aliphatic heterocycles. The molecule has 1 aliphatic rings. The van der Waals surface area contributed by atoms with Crippen LogP contribution in [0.4, 0.5) is 4.39 Å². The summed E-state index contributed by atoms with van der Waals surface area (Å²) >= 11 is 5.93. The van der Waals surface area contributed by atoms with Crippen LogP contribution in [0.1, 0.15) is 25.8 Å². The maximum absolute atomic E-state index is 13.5. The van der Waals surface area contributed by atoms with Gasteiger partial charge in [0.2, 0.25) is 11.8 Å². The van der Waals surface area contributed by atoms with Crippen molar-refractivity contribution in [1.29, 1.82) is 0 Å². The Morgan fingerprint density at radius 3 is 2.81 bits per heavy atom. The van der Waals surface area contributed by atoms with Gasteiger partial charge in [-0.2, -0.15) is 0 Å². The molecule has 0 aromatic heterocycles. The maximum atomic E-state index is 13.5. The Kier molecular flexibility index (Phi) is 4.83. The molecule has 4 nitrogen and oxygen atoms in total. The summed E-state index contributed by atoms with van der Waals surface area (Å²) in [5, 5.41) is 2.76. The van der Waals surface area contributed by atoms with Crippen LogP contribution >= 0.6 is 11.6 Å². The Hall–Kier alpha value is -1.62. The zero-order chi connectivity index (χ0) is 15.6. The maximum Gasteiger partial charge on any atom is 0.245 e. The van der Waals surface area contributed by atoms with E-state index in [2.05, 4.69) is 5.32 Å². The van der Waals surface area contributed by atoms with Crippen molar-refractivity contribution in [2.24, 2.45) is 5.92 Å². The van der Waals surface area contributed by atoms with Crippen LogP contribution in [0.25, 0.3) is 0 Å². The fourth-order valence-corrected chi connectivity index (χ4v) is 2.52. The number of benzene rings is 1. The van der Waals surface area contributed by atoms with E-state index in [1.807, 2.05) is 13.8 Å². The number of carbonyl (C=O) groups excluding carboxylic acids is 2. The molecule has 0 bridgehead atoms. The van der Waals surface area contributed by atoms with Crippen molar-refractivity contribution in [3.63, 3.8) is 0 Å². The Morgan fingerprint density at radius 1 is 1.43 bits per heavy atom. The third-order valence-electron chi connectivity index (χ3n) is 3.56. The minimum Gasteiger partial charge on any atom is -0.344 e. The lowest BCUT2D eigenvalue weighted by atomic mass is 10.0. The van der Waals surface area contributed by atoms with E-state index in [9.17, 15) is 14.0 Å². The zero-order valence-corrected chi connectivity index (χ0v) is 12.8. The summed E-state index contributed by atoms with van der Waals surface area (Å²) in [4.78, 5) is 25.8. The second-order valence-corrected chi connectivity index (χ2v) is 5.89. The van der Waals surface area contributed by atoms with Gasteiger partial charge in [-0.25, -0.2) is 4.39 Å². The van der Waals surface area contributed by atoms with Gasteiger partial charge >= 0.3 is 0 Å². The minimum absolute atomic E-state index is 0.00923. The Labute approximate surface area is 128 Å². The third kappa shape index (κ3) is 3.53. The molecule has 0 spiro atoms. The van der Waals surface area contributed by atoms with Crippen molar-refractivity contribution in [2.75, 3.05) is 6.54 Å². The normalized spacial score (nSPS) is 19.7. The highest BCUT2D eigenvalue weighted by Gasteiger charge is 2.32. The van der Waals surface area contributed by atoms with Crippen molar-refractivity contribution in [1.82, 2.24) is 10.2 Å². The number of rotatable bonds is 3.